The molecule has 0 fully saturated rings. The third-order valence-corrected chi connectivity index (χ3v) is 1.22. The Morgan fingerprint density at radius 2 is 2.38 bits per heavy atom. The molecule has 8 heavy (non-hydrogen) atoms. The van der Waals surface area contributed by atoms with Crippen LogP contribution in [0.5, 0.6) is 0 Å². The second kappa shape index (κ2) is 3.98. The van der Waals surface area contributed by atoms with Crippen molar-refractivity contribution >= 4 is 12.6 Å². The van der Waals surface area contributed by atoms with E-state index < -0.39 is 0 Å². The fraction of sp³-hybridized carbons (Fsp3) is 0.667. The first-order valence-corrected chi connectivity index (χ1v) is 3.15. The van der Waals surface area contributed by atoms with Crippen LogP contribution in [0.4, 0.5) is 0 Å². The van der Waals surface area contributed by atoms with Crippen LogP contribution < -0.4 is 5.32 Å². The molecule has 0 bridgehead atoms. The molecule has 1 unspecified atom stereocenters. The fourth-order valence-electron chi connectivity index (χ4n) is 0.455. The van der Waals surface area contributed by atoms with Crippen LogP contribution in [0.2, 0.25) is 0 Å². The summed E-state index contributed by atoms with van der Waals surface area (Å²) < 4.78 is 0. The molecule has 0 amide bonds. The second-order valence-electron chi connectivity index (χ2n) is 1.96. The standard InChI is InChI=1S/C6H13NS/c1-5(7-3)4-6(2)8/h5,7-8H,2,4H2,1,3H3. The smallest absolute Gasteiger partial charge is 0.00808 e. The Bertz CT molecular complexity index is 80.6. The van der Waals surface area contributed by atoms with Gasteiger partial charge in [0.1, 0.15) is 0 Å². The Labute approximate surface area is 56.6 Å². The molecule has 0 aromatic rings. The van der Waals surface area contributed by atoms with Crippen molar-refractivity contribution in [3.05, 3.63) is 11.5 Å². The summed E-state index contributed by atoms with van der Waals surface area (Å²) in [5, 5.41) is 3.09. The SMILES string of the molecule is C=C(S)CC(C)NC. The summed E-state index contributed by atoms with van der Waals surface area (Å²) in [5.74, 6) is 0. The minimum Gasteiger partial charge on any atom is -0.317 e. The lowest BCUT2D eigenvalue weighted by atomic mass is 10.2. The highest BCUT2D eigenvalue weighted by Gasteiger charge is 1.95. The lowest BCUT2D eigenvalue weighted by Crippen LogP contribution is -2.20. The average molecular weight is 131 g/mol. The predicted molar refractivity (Wildman–Crippen MR) is 41.3 cm³/mol. The van der Waals surface area contributed by atoms with Crippen LogP contribution in [-0.2, 0) is 0 Å². The molecule has 1 N–H and O–H groups in total. The zero-order chi connectivity index (χ0) is 6.57. The van der Waals surface area contributed by atoms with E-state index in [1.54, 1.807) is 0 Å². The third kappa shape index (κ3) is 4.22. The molecule has 0 aliphatic heterocycles. The number of rotatable bonds is 3. The van der Waals surface area contributed by atoms with E-state index in [1.807, 2.05) is 7.05 Å². The van der Waals surface area contributed by atoms with Gasteiger partial charge in [0.25, 0.3) is 0 Å². The van der Waals surface area contributed by atoms with Crippen molar-refractivity contribution in [2.24, 2.45) is 0 Å². The summed E-state index contributed by atoms with van der Waals surface area (Å²) in [6, 6.07) is 0.500. The van der Waals surface area contributed by atoms with E-state index in [1.165, 1.54) is 0 Å². The Balaban J connectivity index is 3.24. The van der Waals surface area contributed by atoms with E-state index in [9.17, 15) is 0 Å². The molecular weight excluding hydrogens is 118 g/mol. The Kier molecular flexibility index (Phi) is 4.01. The van der Waals surface area contributed by atoms with Crippen molar-refractivity contribution in [2.45, 2.75) is 19.4 Å². The highest BCUT2D eigenvalue weighted by atomic mass is 32.1. The zero-order valence-corrected chi connectivity index (χ0v) is 6.33. The quantitative estimate of drug-likeness (QED) is 0.552. The van der Waals surface area contributed by atoms with Crippen LogP contribution >= 0.6 is 12.6 Å². The molecule has 2 heteroatoms. The lowest BCUT2D eigenvalue weighted by Gasteiger charge is -2.07. The molecule has 0 spiro atoms. The van der Waals surface area contributed by atoms with E-state index >= 15 is 0 Å². The van der Waals surface area contributed by atoms with Gasteiger partial charge in [-0.25, -0.2) is 0 Å². The number of nitrogens with one attached hydrogen (secondary N) is 1. The van der Waals surface area contributed by atoms with Gasteiger partial charge < -0.3 is 5.32 Å². The Hall–Kier alpha value is 0.0500. The summed E-state index contributed by atoms with van der Waals surface area (Å²) in [4.78, 5) is 0.937. The van der Waals surface area contributed by atoms with Gasteiger partial charge in [-0.1, -0.05) is 6.58 Å². The number of hydrogen-bond donors (Lipinski definition) is 2. The van der Waals surface area contributed by atoms with Gasteiger partial charge in [-0.3, -0.25) is 0 Å². The van der Waals surface area contributed by atoms with Crippen molar-refractivity contribution in [1.29, 1.82) is 0 Å². The molecule has 0 heterocycles. The van der Waals surface area contributed by atoms with E-state index in [0.29, 0.717) is 6.04 Å². The van der Waals surface area contributed by atoms with Gasteiger partial charge in [0.15, 0.2) is 0 Å². The molecule has 1 nitrogen and oxygen atoms in total. The predicted octanol–water partition coefficient (Wildman–Crippen LogP) is 1.43. The fourth-order valence-corrected chi connectivity index (χ4v) is 0.729. The Morgan fingerprint density at radius 1 is 1.88 bits per heavy atom. The van der Waals surface area contributed by atoms with Crippen molar-refractivity contribution in [3.63, 3.8) is 0 Å². The number of hydrogen-bond acceptors (Lipinski definition) is 2. The largest absolute Gasteiger partial charge is 0.317 e. The minimum atomic E-state index is 0.500. The van der Waals surface area contributed by atoms with Crippen LogP contribution in [0.3, 0.4) is 0 Å². The monoisotopic (exact) mass is 131 g/mol. The molecule has 0 aliphatic rings. The summed E-state index contributed by atoms with van der Waals surface area (Å²) in [5.41, 5.74) is 0. The summed E-state index contributed by atoms with van der Waals surface area (Å²) in [6.07, 6.45) is 0.944. The zero-order valence-electron chi connectivity index (χ0n) is 5.44. The van der Waals surface area contributed by atoms with Crippen LogP contribution in [-0.4, -0.2) is 13.1 Å². The van der Waals surface area contributed by atoms with E-state index in [2.05, 4.69) is 31.4 Å². The molecule has 1 atom stereocenters. The summed E-state index contributed by atoms with van der Waals surface area (Å²) in [6.45, 7) is 5.77. The molecule has 0 saturated carbocycles. The molecule has 48 valence electrons. The summed E-state index contributed by atoms with van der Waals surface area (Å²) in [7, 11) is 1.93. The van der Waals surface area contributed by atoms with Gasteiger partial charge in [0.2, 0.25) is 0 Å². The molecule has 0 saturated heterocycles. The third-order valence-electron chi connectivity index (χ3n) is 1.03. The van der Waals surface area contributed by atoms with Gasteiger partial charge in [-0.05, 0) is 25.3 Å². The highest BCUT2D eigenvalue weighted by Crippen LogP contribution is 2.04. The normalized spacial score (nSPS) is 13.4. The van der Waals surface area contributed by atoms with E-state index in [4.69, 9.17) is 0 Å². The first-order valence-electron chi connectivity index (χ1n) is 2.70. The van der Waals surface area contributed by atoms with Crippen molar-refractivity contribution in [1.82, 2.24) is 5.32 Å². The van der Waals surface area contributed by atoms with Crippen LogP contribution in [0.25, 0.3) is 0 Å². The molecule has 0 radical (unpaired) electrons. The molecule has 0 aliphatic carbocycles. The minimum absolute atomic E-state index is 0.500. The Morgan fingerprint density at radius 3 is 2.50 bits per heavy atom. The molecule has 0 aromatic carbocycles. The summed E-state index contributed by atoms with van der Waals surface area (Å²) >= 11 is 4.06. The maximum atomic E-state index is 4.06. The molecular formula is C6H13NS. The van der Waals surface area contributed by atoms with Crippen LogP contribution in [0.15, 0.2) is 11.5 Å². The van der Waals surface area contributed by atoms with Gasteiger partial charge >= 0.3 is 0 Å². The van der Waals surface area contributed by atoms with Crippen LogP contribution in [0.1, 0.15) is 13.3 Å². The maximum absolute atomic E-state index is 4.06. The molecule has 0 rings (SSSR count). The van der Waals surface area contributed by atoms with Crippen molar-refractivity contribution in [3.8, 4) is 0 Å². The van der Waals surface area contributed by atoms with Crippen LogP contribution in [0, 0.1) is 0 Å². The highest BCUT2D eigenvalue weighted by molar-refractivity contribution is 7.84. The average Bonchev–Trinajstić information content (AvgIpc) is 1.65. The first kappa shape index (κ1) is 8.05. The lowest BCUT2D eigenvalue weighted by molar-refractivity contribution is 0.617. The van der Waals surface area contributed by atoms with Gasteiger partial charge in [0, 0.05) is 6.04 Å². The van der Waals surface area contributed by atoms with Gasteiger partial charge in [0.05, 0.1) is 0 Å². The van der Waals surface area contributed by atoms with Gasteiger partial charge in [-0.15, -0.1) is 12.6 Å². The van der Waals surface area contributed by atoms with E-state index in [0.717, 1.165) is 11.3 Å². The van der Waals surface area contributed by atoms with Gasteiger partial charge in [-0.2, -0.15) is 0 Å². The van der Waals surface area contributed by atoms with Crippen molar-refractivity contribution in [2.75, 3.05) is 7.05 Å². The number of thiol groups is 1. The van der Waals surface area contributed by atoms with Crippen molar-refractivity contribution < 1.29 is 0 Å². The first-order chi connectivity index (χ1) is 3.66. The topological polar surface area (TPSA) is 12.0 Å². The van der Waals surface area contributed by atoms with E-state index in [-0.39, 0.29) is 0 Å². The maximum Gasteiger partial charge on any atom is 0.00808 e. The molecule has 0 aromatic heterocycles. The second-order valence-corrected chi connectivity index (χ2v) is 2.59.